The third kappa shape index (κ3) is 12.8. The van der Waals surface area contributed by atoms with E-state index in [0.29, 0.717) is 10.6 Å². The van der Waals surface area contributed by atoms with Crippen molar-refractivity contribution in [2.75, 3.05) is 11.5 Å². The summed E-state index contributed by atoms with van der Waals surface area (Å²) in [6.07, 6.45) is 14.4. The zero-order chi connectivity index (χ0) is 26.0. The molecule has 0 aliphatic rings. The first-order valence-electron chi connectivity index (χ1n) is 12.6. The number of hydrogen-bond acceptors (Lipinski definition) is 6. The molecule has 9 heteroatoms. The lowest BCUT2D eigenvalue weighted by Gasteiger charge is -2.07. The van der Waals surface area contributed by atoms with Crippen molar-refractivity contribution in [3.63, 3.8) is 0 Å². The van der Waals surface area contributed by atoms with Crippen LogP contribution in [-0.2, 0) is 4.79 Å². The van der Waals surface area contributed by atoms with E-state index in [4.69, 9.17) is 11.6 Å². The van der Waals surface area contributed by atoms with Gasteiger partial charge in [0.05, 0.1) is 16.9 Å². The number of unbranched alkanes of at least 4 members (excludes halogenated alkanes) is 9. The Bertz CT molecular complexity index is 971. The molecule has 0 unspecified atom stereocenters. The van der Waals surface area contributed by atoms with Gasteiger partial charge in [0.2, 0.25) is 5.91 Å². The van der Waals surface area contributed by atoms with Gasteiger partial charge in [-0.15, -0.1) is 23.5 Å². The van der Waals surface area contributed by atoms with Crippen LogP contribution in [-0.4, -0.2) is 28.6 Å². The Hall–Kier alpha value is -2.03. The third-order valence-electron chi connectivity index (χ3n) is 5.54. The Morgan fingerprint density at radius 2 is 1.61 bits per heavy atom. The fraction of sp³-hybridized carbons (Fsp3) is 0.481. The number of amides is 1. The monoisotopic (exact) mass is 549 g/mol. The number of hydrazone groups is 1. The van der Waals surface area contributed by atoms with Gasteiger partial charge in [-0.05, 0) is 42.5 Å². The van der Waals surface area contributed by atoms with Crippen LogP contribution in [0.4, 0.5) is 5.69 Å². The van der Waals surface area contributed by atoms with E-state index in [-0.39, 0.29) is 17.3 Å². The number of nitrogens with zero attached hydrogens (tertiary/aromatic N) is 2. The molecule has 6 nitrogen and oxygen atoms in total. The third-order valence-corrected chi connectivity index (χ3v) is 7.98. The number of nitrogens with one attached hydrogen (secondary N) is 1. The zero-order valence-corrected chi connectivity index (χ0v) is 23.3. The van der Waals surface area contributed by atoms with Gasteiger partial charge in [0.1, 0.15) is 0 Å². The van der Waals surface area contributed by atoms with Crippen LogP contribution in [0.1, 0.15) is 76.7 Å². The molecule has 0 bridgehead atoms. The number of benzene rings is 2. The van der Waals surface area contributed by atoms with Gasteiger partial charge in [0, 0.05) is 32.5 Å². The van der Waals surface area contributed by atoms with Gasteiger partial charge in [-0.2, -0.15) is 5.10 Å². The van der Waals surface area contributed by atoms with E-state index < -0.39 is 4.92 Å². The number of carbonyl (C=O) groups is 1. The van der Waals surface area contributed by atoms with Gasteiger partial charge in [0.15, 0.2) is 0 Å². The number of rotatable bonds is 18. The summed E-state index contributed by atoms with van der Waals surface area (Å²) in [5, 5.41) is 15.9. The highest BCUT2D eigenvalue weighted by atomic mass is 35.5. The van der Waals surface area contributed by atoms with Crippen LogP contribution in [0.3, 0.4) is 0 Å². The Labute approximate surface area is 228 Å². The van der Waals surface area contributed by atoms with Gasteiger partial charge < -0.3 is 0 Å². The number of carbonyl (C=O) groups excluding carboxylic acids is 1. The smallest absolute Gasteiger partial charge is 0.270 e. The van der Waals surface area contributed by atoms with Crippen LogP contribution >= 0.6 is 35.1 Å². The van der Waals surface area contributed by atoms with Crippen molar-refractivity contribution in [3.8, 4) is 0 Å². The van der Waals surface area contributed by atoms with Gasteiger partial charge in [-0.3, -0.25) is 14.9 Å². The van der Waals surface area contributed by atoms with E-state index >= 15 is 0 Å². The average molecular weight is 550 g/mol. The van der Waals surface area contributed by atoms with Crippen LogP contribution in [0.25, 0.3) is 0 Å². The maximum Gasteiger partial charge on any atom is 0.270 e. The van der Waals surface area contributed by atoms with Crippen molar-refractivity contribution >= 4 is 52.9 Å². The molecular weight excluding hydrogens is 514 g/mol. The van der Waals surface area contributed by atoms with E-state index in [9.17, 15) is 14.9 Å². The van der Waals surface area contributed by atoms with Crippen LogP contribution in [0.2, 0.25) is 5.02 Å². The summed E-state index contributed by atoms with van der Waals surface area (Å²) in [4.78, 5) is 24.8. The Balaban J connectivity index is 1.76. The molecule has 0 fully saturated rings. The van der Waals surface area contributed by atoms with E-state index in [0.717, 1.165) is 22.0 Å². The SMILES string of the molecule is CCCCCCCCCCCCSc1ccc([N+](=O)[O-])cc1C=NNC(=O)CSc1ccc(Cl)cc1. The lowest BCUT2D eigenvalue weighted by molar-refractivity contribution is -0.384. The molecule has 0 saturated heterocycles. The summed E-state index contributed by atoms with van der Waals surface area (Å²) in [6.45, 7) is 2.24. The second-order valence-corrected chi connectivity index (χ2v) is 11.2. The van der Waals surface area contributed by atoms with Gasteiger partial charge >= 0.3 is 0 Å². The quantitative estimate of drug-likeness (QED) is 0.0662. The second kappa shape index (κ2) is 18.3. The van der Waals surface area contributed by atoms with Crippen molar-refractivity contribution in [1.29, 1.82) is 0 Å². The first kappa shape index (κ1) is 30.2. The molecule has 0 radical (unpaired) electrons. The molecule has 1 amide bonds. The van der Waals surface area contributed by atoms with Crippen molar-refractivity contribution in [2.45, 2.75) is 80.9 Å². The normalized spacial score (nSPS) is 11.2. The number of hydrogen-bond donors (Lipinski definition) is 1. The predicted octanol–water partition coefficient (Wildman–Crippen LogP) is 8.50. The predicted molar refractivity (Wildman–Crippen MR) is 154 cm³/mol. The molecular formula is C27H36ClN3O3S2. The molecule has 2 aromatic carbocycles. The van der Waals surface area contributed by atoms with Crippen LogP contribution < -0.4 is 5.43 Å². The molecule has 2 rings (SSSR count). The van der Waals surface area contributed by atoms with Gasteiger partial charge in [-0.25, -0.2) is 5.43 Å². The molecule has 0 aliphatic heterocycles. The van der Waals surface area contributed by atoms with E-state index in [1.807, 2.05) is 12.1 Å². The van der Waals surface area contributed by atoms with E-state index in [1.54, 1.807) is 30.0 Å². The van der Waals surface area contributed by atoms with Gasteiger partial charge in [-0.1, -0.05) is 76.3 Å². The average Bonchev–Trinajstić information content (AvgIpc) is 2.87. The highest BCUT2D eigenvalue weighted by molar-refractivity contribution is 8.00. The Morgan fingerprint density at radius 3 is 2.25 bits per heavy atom. The maximum absolute atomic E-state index is 12.1. The molecule has 0 saturated carbocycles. The van der Waals surface area contributed by atoms with Crippen LogP contribution in [0, 0.1) is 10.1 Å². The number of nitro benzene ring substituents is 1. The van der Waals surface area contributed by atoms with E-state index in [2.05, 4.69) is 17.5 Å². The van der Waals surface area contributed by atoms with Crippen LogP contribution in [0.5, 0.6) is 0 Å². The zero-order valence-electron chi connectivity index (χ0n) is 20.9. The second-order valence-electron chi connectivity index (χ2n) is 8.55. The van der Waals surface area contributed by atoms with Crippen molar-refractivity contribution in [1.82, 2.24) is 5.43 Å². The van der Waals surface area contributed by atoms with E-state index in [1.165, 1.54) is 87.9 Å². The lowest BCUT2D eigenvalue weighted by Crippen LogP contribution is -2.19. The van der Waals surface area contributed by atoms with Crippen molar-refractivity contribution < 1.29 is 9.72 Å². The number of halogens is 1. The molecule has 0 spiro atoms. The number of nitro groups is 1. The minimum absolute atomic E-state index is 0.00403. The highest BCUT2D eigenvalue weighted by Crippen LogP contribution is 2.27. The summed E-state index contributed by atoms with van der Waals surface area (Å²) in [6, 6.07) is 12.0. The molecule has 36 heavy (non-hydrogen) atoms. The van der Waals surface area contributed by atoms with Crippen molar-refractivity contribution in [3.05, 3.63) is 63.2 Å². The van der Waals surface area contributed by atoms with Crippen molar-refractivity contribution in [2.24, 2.45) is 5.10 Å². The number of non-ortho nitro benzene ring substituents is 1. The summed E-state index contributed by atoms with van der Waals surface area (Å²) >= 11 is 8.93. The van der Waals surface area contributed by atoms with Crippen LogP contribution in [0.15, 0.2) is 57.4 Å². The summed E-state index contributed by atoms with van der Waals surface area (Å²) in [5.41, 5.74) is 3.14. The lowest BCUT2D eigenvalue weighted by atomic mass is 10.1. The summed E-state index contributed by atoms with van der Waals surface area (Å²) < 4.78 is 0. The minimum Gasteiger partial charge on any atom is -0.272 e. The molecule has 0 atom stereocenters. The fourth-order valence-corrected chi connectivity index (χ4v) is 5.37. The Kier molecular flexibility index (Phi) is 15.3. The highest BCUT2D eigenvalue weighted by Gasteiger charge is 2.10. The molecule has 0 aromatic heterocycles. The van der Waals surface area contributed by atoms with Gasteiger partial charge in [0.25, 0.3) is 5.69 Å². The molecule has 2 aromatic rings. The molecule has 0 aliphatic carbocycles. The molecule has 1 N–H and O–H groups in total. The minimum atomic E-state index is -0.421. The largest absolute Gasteiger partial charge is 0.272 e. The first-order chi connectivity index (χ1) is 17.5. The maximum atomic E-state index is 12.1. The Morgan fingerprint density at radius 1 is 0.972 bits per heavy atom. The molecule has 0 heterocycles. The first-order valence-corrected chi connectivity index (χ1v) is 15.0. The summed E-state index contributed by atoms with van der Waals surface area (Å²) in [7, 11) is 0. The standard InChI is InChI=1S/C27H36ClN3O3S2/c1-2-3-4-5-6-7-8-9-10-11-18-35-26-17-14-24(31(33)34)19-22(26)20-29-30-27(32)21-36-25-15-12-23(28)13-16-25/h12-17,19-20H,2-11,18,21H2,1H3,(H,30,32). The fourth-order valence-electron chi connectivity index (χ4n) is 3.54. The molecule has 196 valence electrons. The number of thioether (sulfide) groups is 2. The summed E-state index contributed by atoms with van der Waals surface area (Å²) in [5.74, 6) is 0.893. The topological polar surface area (TPSA) is 84.6 Å².